The van der Waals surface area contributed by atoms with Crippen LogP contribution in [0.4, 0.5) is 11.6 Å². The highest BCUT2D eigenvalue weighted by Crippen LogP contribution is 2.35. The van der Waals surface area contributed by atoms with Crippen molar-refractivity contribution in [2.24, 2.45) is 13.0 Å². The highest BCUT2D eigenvalue weighted by atomic mass is 15.4. The molecule has 1 aliphatic carbocycles. The van der Waals surface area contributed by atoms with E-state index in [1.165, 1.54) is 0 Å². The molecule has 0 spiro atoms. The molecular weight excluding hydrogens is 402 g/mol. The number of nitriles is 1. The van der Waals surface area contributed by atoms with Crippen molar-refractivity contribution in [3.05, 3.63) is 55.0 Å². The molecule has 4 heterocycles. The van der Waals surface area contributed by atoms with E-state index < -0.39 is 0 Å². The van der Waals surface area contributed by atoms with Crippen molar-refractivity contribution in [1.29, 1.82) is 5.26 Å². The van der Waals surface area contributed by atoms with E-state index in [4.69, 9.17) is 5.10 Å². The number of nitrogens with zero attached hydrogens (tertiary/aromatic N) is 8. The molecule has 4 aromatic heterocycles. The first-order valence-electron chi connectivity index (χ1n) is 10.7. The molecular formula is C23H21N9. The minimum Gasteiger partial charge on any atom is -0.320 e. The van der Waals surface area contributed by atoms with Crippen molar-refractivity contribution < 1.29 is 0 Å². The zero-order valence-corrected chi connectivity index (χ0v) is 17.5. The number of aryl methyl sites for hydroxylation is 1. The average molecular weight is 423 g/mol. The van der Waals surface area contributed by atoms with Gasteiger partial charge in [-0.05, 0) is 43.5 Å². The second kappa shape index (κ2) is 7.20. The van der Waals surface area contributed by atoms with Crippen LogP contribution in [0.15, 0.2) is 55.0 Å². The molecule has 1 N–H and O–H groups in total. The normalized spacial score (nSPS) is 18.4. The van der Waals surface area contributed by atoms with Crippen molar-refractivity contribution in [2.45, 2.75) is 25.3 Å². The Morgan fingerprint density at radius 2 is 2.06 bits per heavy atom. The molecule has 1 fully saturated rings. The van der Waals surface area contributed by atoms with Gasteiger partial charge in [-0.25, -0.2) is 4.52 Å². The fourth-order valence-corrected chi connectivity index (χ4v) is 4.50. The summed E-state index contributed by atoms with van der Waals surface area (Å²) >= 11 is 0. The molecule has 0 amide bonds. The number of anilines is 2. The Morgan fingerprint density at radius 3 is 2.88 bits per heavy atom. The van der Waals surface area contributed by atoms with Gasteiger partial charge in [-0.15, -0.1) is 5.10 Å². The lowest BCUT2D eigenvalue weighted by Crippen LogP contribution is -2.05. The molecule has 9 nitrogen and oxygen atoms in total. The Kier molecular flexibility index (Phi) is 4.18. The van der Waals surface area contributed by atoms with Crippen LogP contribution in [-0.4, -0.2) is 34.2 Å². The SMILES string of the molecule is Cn1cc(Nc2nc3cccc(-c4ccc5nn(C6CCC(C#N)C6)cc5c4)n3n2)cn1. The summed E-state index contributed by atoms with van der Waals surface area (Å²) < 4.78 is 5.61. The molecule has 1 saturated carbocycles. The number of rotatable bonds is 4. The summed E-state index contributed by atoms with van der Waals surface area (Å²) in [5, 5.41) is 27.1. The molecule has 1 aromatic carbocycles. The van der Waals surface area contributed by atoms with Gasteiger partial charge in [-0.3, -0.25) is 9.36 Å². The van der Waals surface area contributed by atoms with E-state index in [0.717, 1.165) is 52.8 Å². The van der Waals surface area contributed by atoms with Crippen LogP contribution in [0.3, 0.4) is 0 Å². The molecule has 6 rings (SSSR count). The Balaban J connectivity index is 1.35. The molecule has 2 atom stereocenters. The summed E-state index contributed by atoms with van der Waals surface area (Å²) in [6.45, 7) is 0. The van der Waals surface area contributed by atoms with Crippen LogP contribution in [-0.2, 0) is 7.05 Å². The quantitative estimate of drug-likeness (QED) is 0.467. The zero-order chi connectivity index (χ0) is 21.7. The summed E-state index contributed by atoms with van der Waals surface area (Å²) in [4.78, 5) is 4.60. The summed E-state index contributed by atoms with van der Waals surface area (Å²) in [6.07, 6.45) is 8.54. The number of pyridine rings is 1. The maximum atomic E-state index is 9.20. The summed E-state index contributed by atoms with van der Waals surface area (Å²) in [5.74, 6) is 0.662. The standard InChI is InChI=1S/C23H21N9/c1-30-14-18(12-25-30)26-23-27-22-4-2-3-21(32(22)29-23)16-6-8-20-17(10-16)13-31(28-20)19-7-5-15(9-19)11-24/h2-4,6,8,10,12-15,19H,5,7,9H2,1H3,(H,26,29). The first-order valence-corrected chi connectivity index (χ1v) is 10.7. The largest absolute Gasteiger partial charge is 0.320 e. The van der Waals surface area contributed by atoms with E-state index in [1.807, 2.05) is 46.7 Å². The number of benzene rings is 1. The molecule has 0 radical (unpaired) electrons. The lowest BCUT2D eigenvalue weighted by atomic mass is 10.1. The van der Waals surface area contributed by atoms with Gasteiger partial charge < -0.3 is 5.32 Å². The highest BCUT2D eigenvalue weighted by molar-refractivity contribution is 5.84. The van der Waals surface area contributed by atoms with E-state index in [9.17, 15) is 5.26 Å². The van der Waals surface area contributed by atoms with Crippen molar-refractivity contribution in [2.75, 3.05) is 5.32 Å². The van der Waals surface area contributed by atoms with Crippen LogP contribution in [0.1, 0.15) is 25.3 Å². The summed E-state index contributed by atoms with van der Waals surface area (Å²) in [6, 6.07) is 14.9. The summed E-state index contributed by atoms with van der Waals surface area (Å²) in [7, 11) is 1.87. The van der Waals surface area contributed by atoms with Gasteiger partial charge >= 0.3 is 0 Å². The van der Waals surface area contributed by atoms with Crippen LogP contribution in [0.2, 0.25) is 0 Å². The Morgan fingerprint density at radius 1 is 1.12 bits per heavy atom. The second-order valence-electron chi connectivity index (χ2n) is 8.32. The number of hydrogen-bond acceptors (Lipinski definition) is 6. The van der Waals surface area contributed by atoms with Crippen LogP contribution in [0.25, 0.3) is 27.8 Å². The van der Waals surface area contributed by atoms with E-state index in [2.05, 4.69) is 44.9 Å². The lowest BCUT2D eigenvalue weighted by Gasteiger charge is -2.08. The van der Waals surface area contributed by atoms with Gasteiger partial charge in [-0.1, -0.05) is 12.1 Å². The Hall–Kier alpha value is -4.19. The molecule has 1 aliphatic rings. The van der Waals surface area contributed by atoms with Gasteiger partial charge in [0.25, 0.3) is 0 Å². The average Bonchev–Trinajstić information content (AvgIpc) is 3.58. The van der Waals surface area contributed by atoms with Gasteiger partial charge in [0.05, 0.1) is 35.2 Å². The van der Waals surface area contributed by atoms with Crippen molar-refractivity contribution in [3.63, 3.8) is 0 Å². The molecule has 0 aliphatic heterocycles. The Labute approximate surface area is 183 Å². The zero-order valence-electron chi connectivity index (χ0n) is 17.5. The predicted molar refractivity (Wildman–Crippen MR) is 120 cm³/mol. The third-order valence-corrected chi connectivity index (χ3v) is 6.10. The summed E-state index contributed by atoms with van der Waals surface area (Å²) in [5.41, 5.74) is 4.55. The monoisotopic (exact) mass is 423 g/mol. The maximum Gasteiger partial charge on any atom is 0.247 e. The molecule has 9 heteroatoms. The molecule has 2 unspecified atom stereocenters. The molecule has 32 heavy (non-hydrogen) atoms. The minimum absolute atomic E-state index is 0.141. The second-order valence-corrected chi connectivity index (χ2v) is 8.32. The van der Waals surface area contributed by atoms with Crippen molar-refractivity contribution >= 4 is 28.2 Å². The molecule has 5 aromatic rings. The molecule has 158 valence electrons. The molecule has 0 saturated heterocycles. The third-order valence-electron chi connectivity index (χ3n) is 6.10. The van der Waals surface area contributed by atoms with Gasteiger partial charge in [0, 0.05) is 36.3 Å². The third kappa shape index (κ3) is 3.17. The predicted octanol–water partition coefficient (Wildman–Crippen LogP) is 4.09. The van der Waals surface area contributed by atoms with Gasteiger partial charge in [-0.2, -0.15) is 20.4 Å². The maximum absolute atomic E-state index is 9.20. The van der Waals surface area contributed by atoms with E-state index in [1.54, 1.807) is 10.9 Å². The highest BCUT2D eigenvalue weighted by Gasteiger charge is 2.26. The van der Waals surface area contributed by atoms with Crippen LogP contribution >= 0.6 is 0 Å². The van der Waals surface area contributed by atoms with Crippen molar-refractivity contribution in [3.8, 4) is 17.3 Å². The lowest BCUT2D eigenvalue weighted by molar-refractivity contribution is 0.462. The number of nitrogens with one attached hydrogen (secondary N) is 1. The fourth-order valence-electron chi connectivity index (χ4n) is 4.50. The van der Waals surface area contributed by atoms with E-state index in [0.29, 0.717) is 12.0 Å². The van der Waals surface area contributed by atoms with E-state index in [-0.39, 0.29) is 5.92 Å². The molecule has 0 bridgehead atoms. The first-order chi connectivity index (χ1) is 15.7. The van der Waals surface area contributed by atoms with Crippen LogP contribution in [0.5, 0.6) is 0 Å². The number of hydrogen-bond donors (Lipinski definition) is 1. The Bertz CT molecular complexity index is 1480. The van der Waals surface area contributed by atoms with Gasteiger partial charge in [0.2, 0.25) is 5.95 Å². The van der Waals surface area contributed by atoms with Gasteiger partial charge in [0.15, 0.2) is 5.65 Å². The van der Waals surface area contributed by atoms with Gasteiger partial charge in [0.1, 0.15) is 0 Å². The minimum atomic E-state index is 0.141. The van der Waals surface area contributed by atoms with Crippen LogP contribution in [0, 0.1) is 17.2 Å². The van der Waals surface area contributed by atoms with Crippen LogP contribution < -0.4 is 5.32 Å². The first kappa shape index (κ1) is 18.6. The van der Waals surface area contributed by atoms with Crippen molar-refractivity contribution in [1.82, 2.24) is 34.2 Å². The topological polar surface area (TPSA) is 102 Å². The number of fused-ring (bicyclic) bond motifs is 2. The fraction of sp³-hybridized carbons (Fsp3) is 0.261. The van der Waals surface area contributed by atoms with E-state index >= 15 is 0 Å². The number of aromatic nitrogens is 7. The smallest absolute Gasteiger partial charge is 0.247 e.